The van der Waals surface area contributed by atoms with Crippen LogP contribution in [0, 0.1) is 0 Å². The predicted molar refractivity (Wildman–Crippen MR) is 91.1 cm³/mol. The first-order valence-electron chi connectivity index (χ1n) is 8.31. The number of carbonyl (C=O) groups is 2. The van der Waals surface area contributed by atoms with E-state index in [1.54, 1.807) is 14.1 Å². The monoisotopic (exact) mass is 372 g/mol. The smallest absolute Gasteiger partial charge is 0.350 e. The molecule has 0 bridgehead atoms. The molecule has 1 aromatic carbocycles. The van der Waals surface area contributed by atoms with E-state index in [-0.39, 0.29) is 24.6 Å². The average molecular weight is 372 g/mol. The molecule has 0 saturated carbocycles. The van der Waals surface area contributed by atoms with Crippen LogP contribution < -0.4 is 10.6 Å². The summed E-state index contributed by atoms with van der Waals surface area (Å²) in [6.45, 7) is 1.02. The maximum Gasteiger partial charge on any atom is 0.405 e. The van der Waals surface area contributed by atoms with E-state index in [0.29, 0.717) is 18.7 Å². The SMILES string of the molecule is CN(C)C(=O)c1ccc(C(=O)NCC(N2CCNCC2)C(F)(F)F)cc1. The minimum Gasteiger partial charge on any atom is -0.350 e. The minimum absolute atomic E-state index is 0.210. The lowest BCUT2D eigenvalue weighted by molar-refractivity contribution is -0.183. The van der Waals surface area contributed by atoms with Gasteiger partial charge in [0.25, 0.3) is 11.8 Å². The van der Waals surface area contributed by atoms with Crippen molar-refractivity contribution in [3.63, 3.8) is 0 Å². The van der Waals surface area contributed by atoms with Crippen LogP contribution in [-0.4, -0.2) is 80.7 Å². The first-order valence-corrected chi connectivity index (χ1v) is 8.31. The van der Waals surface area contributed by atoms with Crippen LogP contribution in [0.2, 0.25) is 0 Å². The lowest BCUT2D eigenvalue weighted by Gasteiger charge is -2.35. The molecule has 1 aliphatic heterocycles. The zero-order chi connectivity index (χ0) is 19.3. The summed E-state index contributed by atoms with van der Waals surface area (Å²) in [7, 11) is 3.21. The predicted octanol–water partition coefficient (Wildman–Crippen LogP) is 0.954. The van der Waals surface area contributed by atoms with Crippen molar-refractivity contribution in [1.29, 1.82) is 0 Å². The molecule has 1 aromatic rings. The molecule has 0 aliphatic carbocycles. The summed E-state index contributed by atoms with van der Waals surface area (Å²) in [5.74, 6) is -0.814. The number of carbonyl (C=O) groups excluding carboxylic acids is 2. The summed E-state index contributed by atoms with van der Waals surface area (Å²) in [4.78, 5) is 26.7. The Bertz CT molecular complexity index is 626. The summed E-state index contributed by atoms with van der Waals surface area (Å²) >= 11 is 0. The molecule has 144 valence electrons. The van der Waals surface area contributed by atoms with Crippen LogP contribution in [0.4, 0.5) is 13.2 Å². The Balaban J connectivity index is 2.00. The Labute approximate surface area is 150 Å². The van der Waals surface area contributed by atoms with Crippen molar-refractivity contribution >= 4 is 11.8 Å². The fourth-order valence-electron chi connectivity index (χ4n) is 2.76. The molecule has 1 atom stereocenters. The van der Waals surface area contributed by atoms with E-state index in [1.165, 1.54) is 34.1 Å². The number of rotatable bonds is 5. The van der Waals surface area contributed by atoms with Gasteiger partial charge in [0.1, 0.15) is 6.04 Å². The molecule has 6 nitrogen and oxygen atoms in total. The van der Waals surface area contributed by atoms with Crippen LogP contribution >= 0.6 is 0 Å². The number of hydrogen-bond acceptors (Lipinski definition) is 4. The van der Waals surface area contributed by atoms with Crippen molar-refractivity contribution in [2.75, 3.05) is 46.8 Å². The van der Waals surface area contributed by atoms with Gasteiger partial charge in [-0.15, -0.1) is 0 Å². The Hall–Kier alpha value is -2.13. The number of benzene rings is 1. The van der Waals surface area contributed by atoms with Crippen LogP contribution in [0.1, 0.15) is 20.7 Å². The molecule has 2 N–H and O–H groups in total. The fraction of sp³-hybridized carbons (Fsp3) is 0.529. The van der Waals surface area contributed by atoms with E-state index in [2.05, 4.69) is 10.6 Å². The highest BCUT2D eigenvalue weighted by molar-refractivity contribution is 5.97. The van der Waals surface area contributed by atoms with Gasteiger partial charge in [-0.2, -0.15) is 13.2 Å². The third-order valence-electron chi connectivity index (χ3n) is 4.23. The summed E-state index contributed by atoms with van der Waals surface area (Å²) in [5, 5.41) is 5.36. The molecule has 26 heavy (non-hydrogen) atoms. The maximum absolute atomic E-state index is 13.3. The average Bonchev–Trinajstić information content (AvgIpc) is 2.61. The summed E-state index contributed by atoms with van der Waals surface area (Å²) in [6, 6.07) is 4.10. The van der Waals surface area contributed by atoms with Gasteiger partial charge in [-0.3, -0.25) is 14.5 Å². The standard InChI is InChI=1S/C17H23F3N4O2/c1-23(2)16(26)13-5-3-12(4-6-13)15(25)22-11-14(17(18,19)20)24-9-7-21-8-10-24/h3-6,14,21H,7-11H2,1-2H3,(H,22,25). The van der Waals surface area contributed by atoms with Crippen molar-refractivity contribution in [2.24, 2.45) is 0 Å². The van der Waals surface area contributed by atoms with Crippen LogP contribution in [0.15, 0.2) is 24.3 Å². The third kappa shape index (κ3) is 5.18. The Kier molecular flexibility index (Phi) is 6.60. The Morgan fingerprint density at radius 1 is 1.15 bits per heavy atom. The quantitative estimate of drug-likeness (QED) is 0.808. The number of nitrogens with zero attached hydrogens (tertiary/aromatic N) is 2. The fourth-order valence-corrected chi connectivity index (χ4v) is 2.76. The summed E-state index contributed by atoms with van der Waals surface area (Å²) in [5.41, 5.74) is 0.613. The number of nitrogens with one attached hydrogen (secondary N) is 2. The molecule has 1 fully saturated rings. The Morgan fingerprint density at radius 2 is 1.69 bits per heavy atom. The second kappa shape index (κ2) is 8.50. The number of alkyl halides is 3. The minimum atomic E-state index is -4.42. The topological polar surface area (TPSA) is 64.7 Å². The molecule has 0 radical (unpaired) electrons. The van der Waals surface area contributed by atoms with E-state index in [1.807, 2.05) is 0 Å². The number of piperazine rings is 1. The molecule has 2 amide bonds. The summed E-state index contributed by atoms with van der Waals surface area (Å²) < 4.78 is 40.0. The van der Waals surface area contributed by atoms with Gasteiger partial charge in [-0.25, -0.2) is 0 Å². The van der Waals surface area contributed by atoms with Crippen molar-refractivity contribution < 1.29 is 22.8 Å². The van der Waals surface area contributed by atoms with Crippen molar-refractivity contribution in [3.05, 3.63) is 35.4 Å². The van der Waals surface area contributed by atoms with Crippen molar-refractivity contribution in [3.8, 4) is 0 Å². The highest BCUT2D eigenvalue weighted by Gasteiger charge is 2.43. The first kappa shape index (κ1) is 20.2. The molecule has 2 rings (SSSR count). The zero-order valence-corrected chi connectivity index (χ0v) is 14.8. The van der Waals surface area contributed by atoms with E-state index < -0.39 is 24.7 Å². The highest BCUT2D eigenvalue weighted by atomic mass is 19.4. The van der Waals surface area contributed by atoms with Gasteiger partial charge in [0.2, 0.25) is 0 Å². The molecule has 9 heteroatoms. The van der Waals surface area contributed by atoms with Crippen molar-refractivity contribution in [1.82, 2.24) is 20.4 Å². The van der Waals surface area contributed by atoms with Crippen molar-refractivity contribution in [2.45, 2.75) is 12.2 Å². The molecule has 1 aliphatic rings. The lowest BCUT2D eigenvalue weighted by atomic mass is 10.1. The molecular formula is C17H23F3N4O2. The van der Waals surface area contributed by atoms with Crippen LogP contribution in [0.5, 0.6) is 0 Å². The number of halogens is 3. The molecule has 1 unspecified atom stereocenters. The second-order valence-electron chi connectivity index (χ2n) is 6.33. The van der Waals surface area contributed by atoms with E-state index in [4.69, 9.17) is 0 Å². The second-order valence-corrected chi connectivity index (χ2v) is 6.33. The van der Waals surface area contributed by atoms with Gasteiger partial charge in [-0.05, 0) is 24.3 Å². The van der Waals surface area contributed by atoms with Gasteiger partial charge < -0.3 is 15.5 Å². The normalized spacial score (nSPS) is 16.8. The summed E-state index contributed by atoms with van der Waals surface area (Å²) in [6.07, 6.45) is -4.42. The molecule has 0 spiro atoms. The van der Waals surface area contributed by atoms with Crippen LogP contribution in [-0.2, 0) is 0 Å². The number of hydrogen-bond donors (Lipinski definition) is 2. The lowest BCUT2D eigenvalue weighted by Crippen LogP contribution is -2.57. The molecule has 1 heterocycles. The molecular weight excluding hydrogens is 349 g/mol. The van der Waals surface area contributed by atoms with Gasteiger partial charge in [0.15, 0.2) is 0 Å². The van der Waals surface area contributed by atoms with Crippen LogP contribution in [0.3, 0.4) is 0 Å². The third-order valence-corrected chi connectivity index (χ3v) is 4.23. The molecule has 1 saturated heterocycles. The largest absolute Gasteiger partial charge is 0.405 e. The van der Waals surface area contributed by atoms with E-state index in [0.717, 1.165) is 0 Å². The first-order chi connectivity index (χ1) is 12.2. The van der Waals surface area contributed by atoms with E-state index >= 15 is 0 Å². The zero-order valence-electron chi connectivity index (χ0n) is 14.8. The van der Waals surface area contributed by atoms with Gasteiger partial charge in [-0.1, -0.05) is 0 Å². The maximum atomic E-state index is 13.3. The van der Waals surface area contributed by atoms with Gasteiger partial charge in [0.05, 0.1) is 0 Å². The highest BCUT2D eigenvalue weighted by Crippen LogP contribution is 2.24. The number of amides is 2. The van der Waals surface area contributed by atoms with Gasteiger partial charge in [0, 0.05) is 57.9 Å². The van der Waals surface area contributed by atoms with Crippen LogP contribution in [0.25, 0.3) is 0 Å². The Morgan fingerprint density at radius 3 is 2.19 bits per heavy atom. The molecule has 0 aromatic heterocycles. The van der Waals surface area contributed by atoms with Gasteiger partial charge >= 0.3 is 6.18 Å². The van der Waals surface area contributed by atoms with E-state index in [9.17, 15) is 22.8 Å².